The van der Waals surface area contributed by atoms with Gasteiger partial charge in [-0.15, -0.1) is 0 Å². The Morgan fingerprint density at radius 2 is 1.97 bits per heavy atom. The minimum absolute atomic E-state index is 0.0362. The monoisotopic (exact) mass is 408 g/mol. The van der Waals surface area contributed by atoms with Crippen LogP contribution in [0.2, 0.25) is 0 Å². The van der Waals surface area contributed by atoms with E-state index in [0.29, 0.717) is 11.3 Å². The summed E-state index contributed by atoms with van der Waals surface area (Å²) in [4.78, 5) is 55.0. The van der Waals surface area contributed by atoms with E-state index in [4.69, 9.17) is 0 Å². The Labute approximate surface area is 172 Å². The van der Waals surface area contributed by atoms with Crippen molar-refractivity contribution in [3.8, 4) is 0 Å². The SMILES string of the molecule is Cc1cccc(C(=O)NCc2cccc3c2C(=O)N(C2CCC(=O)NC2O)C3=O)n1. The van der Waals surface area contributed by atoms with E-state index in [-0.39, 0.29) is 42.1 Å². The third-order valence-electron chi connectivity index (χ3n) is 5.27. The van der Waals surface area contributed by atoms with Crippen LogP contribution in [0.4, 0.5) is 0 Å². The Morgan fingerprint density at radius 3 is 2.70 bits per heavy atom. The molecule has 1 aromatic heterocycles. The topological polar surface area (TPSA) is 129 Å². The number of aliphatic hydroxyl groups excluding tert-OH is 1. The number of aromatic nitrogens is 1. The van der Waals surface area contributed by atoms with Gasteiger partial charge in [-0.05, 0) is 37.1 Å². The van der Waals surface area contributed by atoms with Gasteiger partial charge in [0.25, 0.3) is 17.7 Å². The third kappa shape index (κ3) is 3.43. The number of fused-ring (bicyclic) bond motifs is 1. The second kappa shape index (κ2) is 7.68. The summed E-state index contributed by atoms with van der Waals surface area (Å²) in [6.07, 6.45) is -1.02. The summed E-state index contributed by atoms with van der Waals surface area (Å²) in [7, 11) is 0. The highest BCUT2D eigenvalue weighted by Crippen LogP contribution is 2.30. The van der Waals surface area contributed by atoms with E-state index in [1.807, 2.05) is 0 Å². The van der Waals surface area contributed by atoms with E-state index in [1.54, 1.807) is 37.3 Å². The molecule has 3 N–H and O–H groups in total. The maximum absolute atomic E-state index is 13.1. The van der Waals surface area contributed by atoms with Gasteiger partial charge in [-0.1, -0.05) is 18.2 Å². The summed E-state index contributed by atoms with van der Waals surface area (Å²) in [5, 5.41) is 15.3. The van der Waals surface area contributed by atoms with Crippen molar-refractivity contribution in [1.82, 2.24) is 20.5 Å². The Bertz CT molecular complexity index is 1070. The van der Waals surface area contributed by atoms with Crippen LogP contribution in [0.15, 0.2) is 36.4 Å². The molecule has 154 valence electrons. The van der Waals surface area contributed by atoms with Gasteiger partial charge < -0.3 is 15.7 Å². The standard InChI is InChI=1S/C21H20N4O5/c1-11-4-2-7-14(23-11)18(27)22-10-12-5-3-6-13-17(12)21(30)25(20(13)29)15-8-9-16(26)24-19(15)28/h2-7,15,19,28H,8-10H2,1H3,(H,22,27)(H,24,26). The first-order valence-corrected chi connectivity index (χ1v) is 9.56. The number of carbonyl (C=O) groups excluding carboxylic acids is 4. The number of piperidine rings is 1. The van der Waals surface area contributed by atoms with Crippen molar-refractivity contribution >= 4 is 23.6 Å². The summed E-state index contributed by atoms with van der Waals surface area (Å²) in [6.45, 7) is 1.82. The zero-order valence-corrected chi connectivity index (χ0v) is 16.2. The van der Waals surface area contributed by atoms with Gasteiger partial charge in [0.2, 0.25) is 5.91 Å². The molecule has 30 heavy (non-hydrogen) atoms. The van der Waals surface area contributed by atoms with Crippen molar-refractivity contribution in [1.29, 1.82) is 0 Å². The van der Waals surface area contributed by atoms with Crippen molar-refractivity contribution in [2.75, 3.05) is 0 Å². The smallest absolute Gasteiger partial charge is 0.270 e. The van der Waals surface area contributed by atoms with Crippen molar-refractivity contribution in [3.63, 3.8) is 0 Å². The number of rotatable bonds is 4. The fourth-order valence-corrected chi connectivity index (χ4v) is 3.80. The number of nitrogens with one attached hydrogen (secondary N) is 2. The number of imide groups is 1. The molecule has 9 nitrogen and oxygen atoms in total. The molecule has 2 aromatic rings. The lowest BCUT2D eigenvalue weighted by molar-refractivity contribution is -0.129. The molecule has 4 amide bonds. The Hall–Kier alpha value is -3.59. The molecule has 0 radical (unpaired) electrons. The number of carbonyl (C=O) groups is 4. The molecular formula is C21H20N4O5. The summed E-state index contributed by atoms with van der Waals surface area (Å²) in [6, 6.07) is 9.10. The molecule has 1 aromatic carbocycles. The summed E-state index contributed by atoms with van der Waals surface area (Å²) in [5.41, 5.74) is 1.86. The first kappa shape index (κ1) is 19.7. The van der Waals surface area contributed by atoms with Crippen LogP contribution in [0.1, 0.15) is 55.3 Å². The molecule has 0 spiro atoms. The van der Waals surface area contributed by atoms with E-state index in [1.165, 1.54) is 6.07 Å². The quantitative estimate of drug-likeness (QED) is 0.633. The second-order valence-corrected chi connectivity index (χ2v) is 7.29. The maximum Gasteiger partial charge on any atom is 0.270 e. The van der Waals surface area contributed by atoms with Crippen molar-refractivity contribution in [2.45, 2.75) is 38.6 Å². The van der Waals surface area contributed by atoms with Crippen molar-refractivity contribution < 1.29 is 24.3 Å². The fraction of sp³-hybridized carbons (Fsp3) is 0.286. The molecule has 0 bridgehead atoms. The Morgan fingerprint density at radius 1 is 1.20 bits per heavy atom. The molecule has 1 saturated heterocycles. The predicted octanol–water partition coefficient (Wildman–Crippen LogP) is 0.513. The zero-order chi connectivity index (χ0) is 21.4. The first-order valence-electron chi connectivity index (χ1n) is 9.56. The lowest BCUT2D eigenvalue weighted by Gasteiger charge is -2.33. The van der Waals surface area contributed by atoms with E-state index >= 15 is 0 Å². The Kier molecular flexibility index (Phi) is 5.04. The number of hydrogen-bond acceptors (Lipinski definition) is 6. The largest absolute Gasteiger partial charge is 0.372 e. The third-order valence-corrected chi connectivity index (χ3v) is 5.27. The zero-order valence-electron chi connectivity index (χ0n) is 16.2. The van der Waals surface area contributed by atoms with Crippen LogP contribution in [-0.2, 0) is 11.3 Å². The average molecular weight is 408 g/mol. The minimum Gasteiger partial charge on any atom is -0.372 e. The molecule has 3 heterocycles. The van der Waals surface area contributed by atoms with Gasteiger partial charge in [-0.25, -0.2) is 4.98 Å². The van der Waals surface area contributed by atoms with E-state index < -0.39 is 30.0 Å². The van der Waals surface area contributed by atoms with Gasteiger partial charge >= 0.3 is 0 Å². The van der Waals surface area contributed by atoms with Crippen LogP contribution in [0, 0.1) is 6.92 Å². The van der Waals surface area contributed by atoms with Crippen molar-refractivity contribution in [3.05, 3.63) is 64.5 Å². The molecular weight excluding hydrogens is 388 g/mol. The molecule has 2 aliphatic rings. The molecule has 9 heteroatoms. The predicted molar refractivity (Wildman–Crippen MR) is 104 cm³/mol. The first-order chi connectivity index (χ1) is 14.4. The lowest BCUT2D eigenvalue weighted by atomic mass is 10.0. The van der Waals surface area contributed by atoms with Crippen LogP contribution in [0.5, 0.6) is 0 Å². The minimum atomic E-state index is -1.32. The Balaban J connectivity index is 1.56. The lowest BCUT2D eigenvalue weighted by Crippen LogP contribution is -2.57. The molecule has 4 rings (SSSR count). The van der Waals surface area contributed by atoms with Gasteiger partial charge in [-0.3, -0.25) is 24.1 Å². The summed E-state index contributed by atoms with van der Waals surface area (Å²) >= 11 is 0. The summed E-state index contributed by atoms with van der Waals surface area (Å²) in [5.74, 6) is -1.80. The van der Waals surface area contributed by atoms with Crippen LogP contribution >= 0.6 is 0 Å². The number of aryl methyl sites for hydroxylation is 1. The van der Waals surface area contributed by atoms with Crippen LogP contribution in [-0.4, -0.2) is 50.9 Å². The van der Waals surface area contributed by atoms with Crippen LogP contribution < -0.4 is 10.6 Å². The van der Waals surface area contributed by atoms with Crippen LogP contribution in [0.25, 0.3) is 0 Å². The van der Waals surface area contributed by atoms with Gasteiger partial charge in [0.15, 0.2) is 0 Å². The van der Waals surface area contributed by atoms with E-state index in [9.17, 15) is 24.3 Å². The fourth-order valence-electron chi connectivity index (χ4n) is 3.80. The second-order valence-electron chi connectivity index (χ2n) is 7.29. The van der Waals surface area contributed by atoms with Crippen LogP contribution in [0.3, 0.4) is 0 Å². The van der Waals surface area contributed by atoms with Gasteiger partial charge in [0, 0.05) is 18.7 Å². The highest BCUT2D eigenvalue weighted by molar-refractivity contribution is 6.22. The number of nitrogens with zero attached hydrogens (tertiary/aromatic N) is 2. The van der Waals surface area contributed by atoms with Gasteiger partial charge in [-0.2, -0.15) is 0 Å². The number of hydrogen-bond donors (Lipinski definition) is 3. The van der Waals surface area contributed by atoms with E-state index in [0.717, 1.165) is 4.90 Å². The molecule has 0 saturated carbocycles. The molecule has 0 aliphatic carbocycles. The number of pyridine rings is 1. The average Bonchev–Trinajstić information content (AvgIpc) is 2.97. The molecule has 2 unspecified atom stereocenters. The normalized spacial score (nSPS) is 20.7. The van der Waals surface area contributed by atoms with Gasteiger partial charge in [0.1, 0.15) is 11.9 Å². The molecule has 1 fully saturated rings. The number of amides is 4. The van der Waals surface area contributed by atoms with Crippen molar-refractivity contribution in [2.24, 2.45) is 0 Å². The highest BCUT2D eigenvalue weighted by Gasteiger charge is 2.45. The molecule has 2 aliphatic heterocycles. The molecule has 2 atom stereocenters. The van der Waals surface area contributed by atoms with E-state index in [2.05, 4.69) is 15.6 Å². The number of aliphatic hydroxyl groups is 1. The summed E-state index contributed by atoms with van der Waals surface area (Å²) < 4.78 is 0. The highest BCUT2D eigenvalue weighted by atomic mass is 16.3. The maximum atomic E-state index is 13.1. The number of benzene rings is 1. The van der Waals surface area contributed by atoms with Gasteiger partial charge in [0.05, 0.1) is 17.2 Å².